The van der Waals surface area contributed by atoms with Crippen molar-refractivity contribution >= 4 is 5.97 Å². The van der Waals surface area contributed by atoms with Crippen LogP contribution in [0.4, 0.5) is 0 Å². The molecule has 6 heteroatoms. The number of para-hydroxylation sites is 1. The van der Waals surface area contributed by atoms with Gasteiger partial charge in [-0.15, -0.1) is 0 Å². The van der Waals surface area contributed by atoms with Gasteiger partial charge in [0.1, 0.15) is 17.9 Å². The number of carbonyl (C=O) groups excluding carboxylic acids is 1. The molecule has 0 bridgehead atoms. The molecule has 3 aromatic rings. The normalized spacial score (nSPS) is 14.8. The fraction of sp³-hybridized carbons (Fsp3) is 0.308. The second kappa shape index (κ2) is 10.9. The largest absolute Gasteiger partial charge is 0.491 e. The smallest absolute Gasteiger partial charge is 0.341 e. The second-order valence-corrected chi connectivity index (χ2v) is 7.83. The zero-order valence-electron chi connectivity index (χ0n) is 18.4. The molecule has 0 saturated carbocycles. The predicted molar refractivity (Wildman–Crippen MR) is 125 cm³/mol. The Bertz CT molecular complexity index is 1020. The van der Waals surface area contributed by atoms with Crippen molar-refractivity contribution in [2.24, 2.45) is 0 Å². The first-order chi connectivity index (χ1) is 15.7. The van der Waals surface area contributed by atoms with Gasteiger partial charge in [0.2, 0.25) is 0 Å². The SMILES string of the molecule is COC(=O)c1ccccc1OCCN1CCN(Cc2cccnc2-c2ccccc2)CC1. The Morgan fingerprint density at radius 3 is 2.41 bits per heavy atom. The van der Waals surface area contributed by atoms with E-state index in [4.69, 9.17) is 9.47 Å². The molecule has 1 aromatic heterocycles. The Balaban J connectivity index is 1.27. The van der Waals surface area contributed by atoms with Crippen LogP contribution in [0.2, 0.25) is 0 Å². The van der Waals surface area contributed by atoms with Crippen molar-refractivity contribution in [1.29, 1.82) is 0 Å². The number of esters is 1. The minimum absolute atomic E-state index is 0.375. The number of benzene rings is 2. The predicted octanol–water partition coefficient (Wildman–Crippen LogP) is 3.73. The number of rotatable bonds is 8. The van der Waals surface area contributed by atoms with Crippen LogP contribution >= 0.6 is 0 Å². The number of hydrogen-bond donors (Lipinski definition) is 0. The molecule has 4 rings (SSSR count). The van der Waals surface area contributed by atoms with E-state index in [1.54, 1.807) is 6.07 Å². The molecular weight excluding hydrogens is 402 g/mol. The van der Waals surface area contributed by atoms with E-state index >= 15 is 0 Å². The lowest BCUT2D eigenvalue weighted by Gasteiger charge is -2.34. The van der Waals surface area contributed by atoms with Gasteiger partial charge >= 0.3 is 5.97 Å². The van der Waals surface area contributed by atoms with Crippen molar-refractivity contribution in [3.05, 3.63) is 84.1 Å². The maximum Gasteiger partial charge on any atom is 0.341 e. The molecule has 166 valence electrons. The molecule has 1 aliphatic heterocycles. The van der Waals surface area contributed by atoms with Gasteiger partial charge in [-0.3, -0.25) is 14.8 Å². The lowest BCUT2D eigenvalue weighted by atomic mass is 10.1. The quantitative estimate of drug-likeness (QED) is 0.507. The summed E-state index contributed by atoms with van der Waals surface area (Å²) in [6.07, 6.45) is 1.86. The minimum Gasteiger partial charge on any atom is -0.491 e. The van der Waals surface area contributed by atoms with Gasteiger partial charge in [-0.05, 0) is 23.8 Å². The fourth-order valence-corrected chi connectivity index (χ4v) is 3.99. The van der Waals surface area contributed by atoms with Gasteiger partial charge in [-0.1, -0.05) is 48.5 Å². The fourth-order valence-electron chi connectivity index (χ4n) is 3.99. The molecule has 0 spiro atoms. The highest BCUT2D eigenvalue weighted by Gasteiger charge is 2.19. The first kappa shape index (κ1) is 22.0. The van der Waals surface area contributed by atoms with Gasteiger partial charge in [-0.2, -0.15) is 0 Å². The number of piperazine rings is 1. The molecule has 0 unspecified atom stereocenters. The van der Waals surface area contributed by atoms with Crippen LogP contribution in [-0.4, -0.2) is 67.2 Å². The minimum atomic E-state index is -0.375. The summed E-state index contributed by atoms with van der Waals surface area (Å²) in [7, 11) is 1.38. The third kappa shape index (κ3) is 5.52. The Morgan fingerprint density at radius 2 is 1.62 bits per heavy atom. The zero-order valence-corrected chi connectivity index (χ0v) is 18.4. The van der Waals surface area contributed by atoms with Crippen molar-refractivity contribution in [1.82, 2.24) is 14.8 Å². The van der Waals surface area contributed by atoms with Crippen LogP contribution in [0.25, 0.3) is 11.3 Å². The van der Waals surface area contributed by atoms with Crippen molar-refractivity contribution < 1.29 is 14.3 Å². The Hall–Kier alpha value is -3.22. The van der Waals surface area contributed by atoms with E-state index in [2.05, 4.69) is 45.1 Å². The molecule has 1 fully saturated rings. The highest BCUT2D eigenvalue weighted by Crippen LogP contribution is 2.23. The molecule has 2 heterocycles. The van der Waals surface area contributed by atoms with Crippen molar-refractivity contribution in [3.8, 4) is 17.0 Å². The summed E-state index contributed by atoms with van der Waals surface area (Å²) in [4.78, 5) is 21.4. The maximum absolute atomic E-state index is 11.9. The molecule has 0 N–H and O–H groups in total. The molecule has 32 heavy (non-hydrogen) atoms. The van der Waals surface area contributed by atoms with Crippen LogP contribution in [0, 0.1) is 0 Å². The van der Waals surface area contributed by atoms with Crippen LogP contribution in [0.3, 0.4) is 0 Å². The number of hydrogen-bond acceptors (Lipinski definition) is 6. The van der Waals surface area contributed by atoms with E-state index < -0.39 is 0 Å². The van der Waals surface area contributed by atoms with E-state index in [1.807, 2.05) is 36.5 Å². The molecule has 6 nitrogen and oxygen atoms in total. The van der Waals surface area contributed by atoms with Gasteiger partial charge in [0, 0.05) is 51.0 Å². The first-order valence-electron chi connectivity index (χ1n) is 11.0. The zero-order chi connectivity index (χ0) is 22.2. The number of carbonyl (C=O) groups is 1. The summed E-state index contributed by atoms with van der Waals surface area (Å²) < 4.78 is 10.7. The highest BCUT2D eigenvalue weighted by atomic mass is 16.5. The molecular formula is C26H29N3O3. The number of nitrogens with zero attached hydrogens (tertiary/aromatic N) is 3. The van der Waals surface area contributed by atoms with Gasteiger partial charge in [0.05, 0.1) is 12.8 Å². The third-order valence-electron chi connectivity index (χ3n) is 5.75. The molecule has 2 aromatic carbocycles. The standard InChI is InChI=1S/C26H29N3O3/c1-31-26(30)23-11-5-6-12-24(23)32-19-18-28-14-16-29(17-15-28)20-22-10-7-13-27-25(22)21-8-3-2-4-9-21/h2-13H,14-20H2,1H3. The lowest BCUT2D eigenvalue weighted by molar-refractivity contribution is 0.0594. The topological polar surface area (TPSA) is 54.9 Å². The van der Waals surface area contributed by atoms with Gasteiger partial charge in [-0.25, -0.2) is 4.79 Å². The summed E-state index contributed by atoms with van der Waals surface area (Å²) in [5.74, 6) is 0.197. The molecule has 0 aliphatic carbocycles. The molecule has 0 atom stereocenters. The van der Waals surface area contributed by atoms with Gasteiger partial charge < -0.3 is 9.47 Å². The monoisotopic (exact) mass is 431 g/mol. The van der Waals surface area contributed by atoms with E-state index in [-0.39, 0.29) is 5.97 Å². The summed E-state index contributed by atoms with van der Waals surface area (Å²) in [5.41, 5.74) is 3.94. The molecule has 0 radical (unpaired) electrons. The average Bonchev–Trinajstić information content (AvgIpc) is 2.86. The van der Waals surface area contributed by atoms with Crippen molar-refractivity contribution in [3.63, 3.8) is 0 Å². The Kier molecular flexibility index (Phi) is 7.48. The lowest BCUT2D eigenvalue weighted by Crippen LogP contribution is -2.47. The first-order valence-corrected chi connectivity index (χ1v) is 11.0. The third-order valence-corrected chi connectivity index (χ3v) is 5.75. The summed E-state index contributed by atoms with van der Waals surface area (Å²) in [6.45, 7) is 6.24. The maximum atomic E-state index is 11.9. The highest BCUT2D eigenvalue weighted by molar-refractivity contribution is 5.92. The van der Waals surface area contributed by atoms with Crippen molar-refractivity contribution in [2.75, 3.05) is 46.4 Å². The van der Waals surface area contributed by atoms with Crippen LogP contribution in [0.1, 0.15) is 15.9 Å². The number of pyridine rings is 1. The number of aromatic nitrogens is 1. The average molecular weight is 432 g/mol. The van der Waals surface area contributed by atoms with Crippen molar-refractivity contribution in [2.45, 2.75) is 6.54 Å². The summed E-state index contributed by atoms with van der Waals surface area (Å²) in [5, 5.41) is 0. The van der Waals surface area contributed by atoms with Crippen LogP contribution in [0.5, 0.6) is 5.75 Å². The number of methoxy groups -OCH3 is 1. The van der Waals surface area contributed by atoms with Crippen LogP contribution in [-0.2, 0) is 11.3 Å². The van der Waals surface area contributed by atoms with E-state index in [1.165, 1.54) is 12.7 Å². The van der Waals surface area contributed by atoms with E-state index in [9.17, 15) is 4.79 Å². The number of ether oxygens (including phenoxy) is 2. The summed E-state index contributed by atoms with van der Waals surface area (Å²) in [6, 6.07) is 21.8. The van der Waals surface area contributed by atoms with Crippen LogP contribution < -0.4 is 4.74 Å². The van der Waals surface area contributed by atoms with E-state index in [0.29, 0.717) is 17.9 Å². The van der Waals surface area contributed by atoms with Gasteiger partial charge in [0.15, 0.2) is 0 Å². The second-order valence-electron chi connectivity index (χ2n) is 7.83. The molecule has 0 amide bonds. The molecule has 1 saturated heterocycles. The Labute approximate surface area is 189 Å². The summed E-state index contributed by atoms with van der Waals surface area (Å²) >= 11 is 0. The van der Waals surface area contributed by atoms with E-state index in [0.717, 1.165) is 50.5 Å². The van der Waals surface area contributed by atoms with Gasteiger partial charge in [0.25, 0.3) is 0 Å². The Morgan fingerprint density at radius 1 is 0.906 bits per heavy atom. The van der Waals surface area contributed by atoms with Crippen LogP contribution in [0.15, 0.2) is 72.9 Å². The molecule has 1 aliphatic rings.